The second kappa shape index (κ2) is 5.52. The summed E-state index contributed by atoms with van der Waals surface area (Å²) in [5.74, 6) is 0. The summed E-state index contributed by atoms with van der Waals surface area (Å²) in [6, 6.07) is 6.29. The van der Waals surface area contributed by atoms with Gasteiger partial charge in [0, 0.05) is 17.5 Å². The Kier molecular flexibility index (Phi) is 4.27. The van der Waals surface area contributed by atoms with Crippen molar-refractivity contribution in [2.45, 2.75) is 19.5 Å². The van der Waals surface area contributed by atoms with E-state index in [1.165, 1.54) is 10.4 Å². The minimum Gasteiger partial charge on any atom is -0.305 e. The highest BCUT2D eigenvalue weighted by atomic mass is 35.5. The summed E-state index contributed by atoms with van der Waals surface area (Å²) in [6.45, 7) is 2.97. The summed E-state index contributed by atoms with van der Waals surface area (Å²) in [4.78, 5) is 1.25. The van der Waals surface area contributed by atoms with Crippen LogP contribution in [0.15, 0.2) is 23.6 Å². The molecule has 1 N–H and O–H groups in total. The first-order valence-corrected chi connectivity index (χ1v) is 7.32. The molecule has 0 bridgehead atoms. The van der Waals surface area contributed by atoms with Crippen molar-refractivity contribution < 1.29 is 0 Å². The maximum atomic E-state index is 5.90. The van der Waals surface area contributed by atoms with E-state index in [0.29, 0.717) is 6.04 Å². The maximum absolute atomic E-state index is 5.90. The molecule has 16 heavy (non-hydrogen) atoms. The molecule has 0 fully saturated rings. The summed E-state index contributed by atoms with van der Waals surface area (Å²) in [5, 5.41) is 5.53. The SMILES string of the molecule is CC(NCc1ccc(Cl)s1)c1csc(Cl)c1. The van der Waals surface area contributed by atoms with E-state index in [1.807, 2.05) is 18.2 Å². The van der Waals surface area contributed by atoms with Crippen LogP contribution in [0.25, 0.3) is 0 Å². The van der Waals surface area contributed by atoms with Crippen LogP contribution in [0, 0.1) is 0 Å². The van der Waals surface area contributed by atoms with Gasteiger partial charge in [0.25, 0.3) is 0 Å². The Labute approximate surface area is 113 Å². The first kappa shape index (κ1) is 12.4. The van der Waals surface area contributed by atoms with Crippen LogP contribution < -0.4 is 5.32 Å². The number of rotatable bonds is 4. The van der Waals surface area contributed by atoms with Gasteiger partial charge in [0.05, 0.1) is 8.67 Å². The number of thiophene rings is 2. The predicted molar refractivity (Wildman–Crippen MR) is 73.9 cm³/mol. The summed E-state index contributed by atoms with van der Waals surface area (Å²) < 4.78 is 1.67. The van der Waals surface area contributed by atoms with E-state index in [9.17, 15) is 0 Å². The highest BCUT2D eigenvalue weighted by Crippen LogP contribution is 2.26. The van der Waals surface area contributed by atoms with Crippen LogP contribution in [0.3, 0.4) is 0 Å². The third-order valence-corrected chi connectivity index (χ3v) is 4.64. The molecule has 0 saturated carbocycles. The van der Waals surface area contributed by atoms with Gasteiger partial charge in [-0.05, 0) is 36.1 Å². The minimum absolute atomic E-state index is 0.310. The maximum Gasteiger partial charge on any atom is 0.0931 e. The molecule has 0 spiro atoms. The summed E-state index contributed by atoms with van der Waals surface area (Å²) in [5.41, 5.74) is 1.23. The van der Waals surface area contributed by atoms with Crippen molar-refractivity contribution in [3.8, 4) is 0 Å². The fourth-order valence-electron chi connectivity index (χ4n) is 1.37. The van der Waals surface area contributed by atoms with E-state index in [-0.39, 0.29) is 0 Å². The molecule has 2 rings (SSSR count). The Balaban J connectivity index is 1.91. The second-order valence-electron chi connectivity index (χ2n) is 3.49. The van der Waals surface area contributed by atoms with Gasteiger partial charge in [-0.3, -0.25) is 0 Å². The van der Waals surface area contributed by atoms with Gasteiger partial charge in [-0.15, -0.1) is 22.7 Å². The van der Waals surface area contributed by atoms with Gasteiger partial charge in [-0.25, -0.2) is 0 Å². The van der Waals surface area contributed by atoms with Crippen molar-refractivity contribution in [1.82, 2.24) is 5.32 Å². The lowest BCUT2D eigenvalue weighted by molar-refractivity contribution is 0.580. The van der Waals surface area contributed by atoms with Gasteiger partial charge < -0.3 is 5.32 Å². The monoisotopic (exact) mass is 291 g/mol. The summed E-state index contributed by atoms with van der Waals surface area (Å²) in [6.07, 6.45) is 0. The van der Waals surface area contributed by atoms with E-state index in [0.717, 1.165) is 15.2 Å². The minimum atomic E-state index is 0.310. The van der Waals surface area contributed by atoms with Crippen LogP contribution in [0.5, 0.6) is 0 Å². The predicted octanol–water partition coefficient (Wildman–Crippen LogP) is 4.97. The van der Waals surface area contributed by atoms with Crippen molar-refractivity contribution in [3.63, 3.8) is 0 Å². The quantitative estimate of drug-likeness (QED) is 0.839. The zero-order valence-electron chi connectivity index (χ0n) is 8.67. The molecular formula is C11H11Cl2NS2. The van der Waals surface area contributed by atoms with Crippen LogP contribution >= 0.6 is 45.9 Å². The molecule has 1 atom stereocenters. The first-order valence-electron chi connectivity index (χ1n) is 4.86. The Morgan fingerprint density at radius 3 is 2.69 bits per heavy atom. The van der Waals surface area contributed by atoms with Gasteiger partial charge in [-0.1, -0.05) is 23.2 Å². The Morgan fingerprint density at radius 2 is 2.12 bits per heavy atom. The molecular weight excluding hydrogens is 281 g/mol. The largest absolute Gasteiger partial charge is 0.305 e. The third-order valence-electron chi connectivity index (χ3n) is 2.30. The summed E-state index contributed by atoms with van der Waals surface area (Å²) >= 11 is 14.9. The number of halogens is 2. The molecule has 5 heteroatoms. The average molecular weight is 292 g/mol. The fraction of sp³-hybridized carbons (Fsp3) is 0.273. The van der Waals surface area contributed by atoms with Gasteiger partial charge in [0.2, 0.25) is 0 Å². The normalized spacial score (nSPS) is 12.9. The van der Waals surface area contributed by atoms with Crippen LogP contribution in [-0.4, -0.2) is 0 Å². The first-order chi connectivity index (χ1) is 7.65. The number of nitrogens with one attached hydrogen (secondary N) is 1. The van der Waals surface area contributed by atoms with E-state index in [2.05, 4.69) is 17.6 Å². The molecule has 0 aliphatic rings. The second-order valence-corrected chi connectivity index (χ2v) is 6.83. The fourth-order valence-corrected chi connectivity index (χ4v) is 3.39. The smallest absolute Gasteiger partial charge is 0.0931 e. The molecule has 0 saturated heterocycles. The standard InChI is InChI=1S/C11H11Cl2NS2/c1-7(8-4-11(13)15-6-8)14-5-9-2-3-10(12)16-9/h2-4,6-7,14H,5H2,1H3. The molecule has 1 unspecified atom stereocenters. The van der Waals surface area contributed by atoms with Gasteiger partial charge in [0.1, 0.15) is 0 Å². The molecule has 2 aromatic rings. The van der Waals surface area contributed by atoms with E-state index >= 15 is 0 Å². The molecule has 86 valence electrons. The van der Waals surface area contributed by atoms with Crippen molar-refractivity contribution >= 4 is 45.9 Å². The lowest BCUT2D eigenvalue weighted by Crippen LogP contribution is -2.16. The van der Waals surface area contributed by atoms with Gasteiger partial charge >= 0.3 is 0 Å². The lowest BCUT2D eigenvalue weighted by Gasteiger charge is -2.11. The van der Waals surface area contributed by atoms with E-state index < -0.39 is 0 Å². The molecule has 2 aromatic heterocycles. The molecule has 0 radical (unpaired) electrons. The van der Waals surface area contributed by atoms with Crippen LogP contribution in [0.2, 0.25) is 8.67 Å². The zero-order valence-corrected chi connectivity index (χ0v) is 11.8. The molecule has 0 aliphatic heterocycles. The van der Waals surface area contributed by atoms with Crippen LogP contribution in [0.4, 0.5) is 0 Å². The topological polar surface area (TPSA) is 12.0 Å². The van der Waals surface area contributed by atoms with Crippen molar-refractivity contribution in [1.29, 1.82) is 0 Å². The molecule has 0 aliphatic carbocycles. The average Bonchev–Trinajstić information content (AvgIpc) is 2.84. The molecule has 0 aromatic carbocycles. The van der Waals surface area contributed by atoms with Crippen LogP contribution in [-0.2, 0) is 6.54 Å². The van der Waals surface area contributed by atoms with Crippen LogP contribution in [0.1, 0.15) is 23.4 Å². The lowest BCUT2D eigenvalue weighted by atomic mass is 10.2. The highest BCUT2D eigenvalue weighted by Gasteiger charge is 2.07. The molecule has 0 amide bonds. The van der Waals surface area contributed by atoms with E-state index in [1.54, 1.807) is 22.7 Å². The highest BCUT2D eigenvalue weighted by molar-refractivity contribution is 7.16. The van der Waals surface area contributed by atoms with E-state index in [4.69, 9.17) is 23.2 Å². The Bertz CT molecular complexity index is 464. The van der Waals surface area contributed by atoms with Crippen molar-refractivity contribution in [3.05, 3.63) is 42.7 Å². The van der Waals surface area contributed by atoms with Gasteiger partial charge in [-0.2, -0.15) is 0 Å². The number of hydrogen-bond donors (Lipinski definition) is 1. The number of hydrogen-bond acceptors (Lipinski definition) is 3. The third kappa shape index (κ3) is 3.22. The summed E-state index contributed by atoms with van der Waals surface area (Å²) in [7, 11) is 0. The van der Waals surface area contributed by atoms with Crippen molar-refractivity contribution in [2.24, 2.45) is 0 Å². The van der Waals surface area contributed by atoms with Crippen molar-refractivity contribution in [2.75, 3.05) is 0 Å². The molecule has 1 nitrogen and oxygen atoms in total. The Hall–Kier alpha value is -0.0600. The zero-order chi connectivity index (χ0) is 11.5. The van der Waals surface area contributed by atoms with Gasteiger partial charge in [0.15, 0.2) is 0 Å². The molecule has 2 heterocycles. The Morgan fingerprint density at radius 1 is 1.31 bits per heavy atom.